The Bertz CT molecular complexity index is 694. The summed E-state index contributed by atoms with van der Waals surface area (Å²) in [4.78, 5) is 12.1. The van der Waals surface area contributed by atoms with Gasteiger partial charge in [-0.1, -0.05) is 18.2 Å². The average Bonchev–Trinajstić information content (AvgIpc) is 2.57. The molecule has 1 amide bonds. The maximum atomic E-state index is 12.1. The molecule has 24 heavy (non-hydrogen) atoms. The molecule has 0 spiro atoms. The lowest BCUT2D eigenvalue weighted by Crippen LogP contribution is -2.17. The van der Waals surface area contributed by atoms with Crippen molar-refractivity contribution in [3.63, 3.8) is 0 Å². The van der Waals surface area contributed by atoms with Crippen LogP contribution >= 0.6 is 0 Å². The van der Waals surface area contributed by atoms with Crippen molar-refractivity contribution in [2.24, 2.45) is 0 Å². The first-order valence-corrected chi connectivity index (χ1v) is 7.87. The number of para-hydroxylation sites is 1. The number of aryl methyl sites for hydroxylation is 2. The minimum absolute atomic E-state index is 0.0547. The number of nitrogens with one attached hydrogen (secondary N) is 2. The standard InChI is InChI=1S/C19H24N2O3/c1-13-6-5-7-14(2)19(13)20-11-10-18(22)21-15-8-9-16(23-3)17(12-15)24-4/h5-9,12,20H,10-11H2,1-4H3,(H,21,22). The van der Waals surface area contributed by atoms with E-state index in [1.165, 1.54) is 11.1 Å². The molecule has 2 rings (SSSR count). The molecule has 0 bridgehead atoms. The third-order valence-electron chi connectivity index (χ3n) is 3.80. The molecule has 5 heteroatoms. The molecule has 0 unspecified atom stereocenters. The fourth-order valence-electron chi connectivity index (χ4n) is 2.53. The molecule has 0 radical (unpaired) electrons. The van der Waals surface area contributed by atoms with E-state index in [-0.39, 0.29) is 5.91 Å². The van der Waals surface area contributed by atoms with Gasteiger partial charge in [0.15, 0.2) is 11.5 Å². The predicted molar refractivity (Wildman–Crippen MR) is 97.2 cm³/mol. The fourth-order valence-corrected chi connectivity index (χ4v) is 2.53. The van der Waals surface area contributed by atoms with Crippen molar-refractivity contribution in [3.8, 4) is 11.5 Å². The van der Waals surface area contributed by atoms with Gasteiger partial charge in [-0.25, -0.2) is 0 Å². The van der Waals surface area contributed by atoms with E-state index in [0.29, 0.717) is 30.2 Å². The number of methoxy groups -OCH3 is 2. The SMILES string of the molecule is COc1ccc(NC(=O)CCNc2c(C)cccc2C)cc1OC. The van der Waals surface area contributed by atoms with E-state index >= 15 is 0 Å². The van der Waals surface area contributed by atoms with E-state index in [0.717, 1.165) is 5.69 Å². The molecule has 0 saturated carbocycles. The van der Waals surface area contributed by atoms with Crippen LogP contribution in [0.3, 0.4) is 0 Å². The maximum Gasteiger partial charge on any atom is 0.226 e. The van der Waals surface area contributed by atoms with Gasteiger partial charge >= 0.3 is 0 Å². The summed E-state index contributed by atoms with van der Waals surface area (Å²) in [6.45, 7) is 4.68. The van der Waals surface area contributed by atoms with Gasteiger partial charge < -0.3 is 20.1 Å². The summed E-state index contributed by atoms with van der Waals surface area (Å²) in [7, 11) is 3.15. The first-order chi connectivity index (χ1) is 11.5. The lowest BCUT2D eigenvalue weighted by Gasteiger charge is -2.13. The number of hydrogen-bond acceptors (Lipinski definition) is 4. The van der Waals surface area contributed by atoms with E-state index in [9.17, 15) is 4.79 Å². The largest absolute Gasteiger partial charge is 0.493 e. The average molecular weight is 328 g/mol. The Hall–Kier alpha value is -2.69. The number of carbonyl (C=O) groups is 1. The second kappa shape index (κ2) is 8.24. The van der Waals surface area contributed by atoms with Crippen molar-refractivity contribution in [2.75, 3.05) is 31.4 Å². The van der Waals surface area contributed by atoms with Crippen LogP contribution in [0.5, 0.6) is 11.5 Å². The van der Waals surface area contributed by atoms with Crippen LogP contribution in [0.2, 0.25) is 0 Å². The van der Waals surface area contributed by atoms with Gasteiger partial charge in [0, 0.05) is 30.4 Å². The summed E-state index contributed by atoms with van der Waals surface area (Å²) in [5, 5.41) is 6.20. The summed E-state index contributed by atoms with van der Waals surface area (Å²) < 4.78 is 10.4. The molecule has 0 aromatic heterocycles. The predicted octanol–water partition coefficient (Wildman–Crippen LogP) is 3.76. The molecule has 0 atom stereocenters. The third kappa shape index (κ3) is 4.41. The number of benzene rings is 2. The van der Waals surface area contributed by atoms with Crippen molar-refractivity contribution >= 4 is 17.3 Å². The van der Waals surface area contributed by atoms with E-state index in [1.54, 1.807) is 32.4 Å². The highest BCUT2D eigenvalue weighted by molar-refractivity contribution is 5.91. The number of ether oxygens (including phenoxy) is 2. The van der Waals surface area contributed by atoms with Crippen molar-refractivity contribution < 1.29 is 14.3 Å². The van der Waals surface area contributed by atoms with Gasteiger partial charge in [-0.15, -0.1) is 0 Å². The van der Waals surface area contributed by atoms with Gasteiger partial charge in [0.05, 0.1) is 14.2 Å². The minimum atomic E-state index is -0.0547. The Morgan fingerprint density at radius 1 is 1.00 bits per heavy atom. The van der Waals surface area contributed by atoms with Gasteiger partial charge in [-0.3, -0.25) is 4.79 Å². The molecule has 0 heterocycles. The molecule has 0 aliphatic heterocycles. The van der Waals surface area contributed by atoms with Gasteiger partial charge in [-0.05, 0) is 37.1 Å². The molecular formula is C19H24N2O3. The quantitative estimate of drug-likeness (QED) is 0.812. The van der Waals surface area contributed by atoms with Crippen LogP contribution in [-0.4, -0.2) is 26.7 Å². The Kier molecular flexibility index (Phi) is 6.07. The van der Waals surface area contributed by atoms with Crippen LogP contribution in [0, 0.1) is 13.8 Å². The Morgan fingerprint density at radius 3 is 2.29 bits per heavy atom. The molecule has 2 aromatic carbocycles. The van der Waals surface area contributed by atoms with E-state index in [2.05, 4.69) is 36.6 Å². The third-order valence-corrected chi connectivity index (χ3v) is 3.80. The first kappa shape index (κ1) is 17.7. The lowest BCUT2D eigenvalue weighted by atomic mass is 10.1. The second-order valence-electron chi connectivity index (χ2n) is 5.56. The Balaban J connectivity index is 1.90. The number of carbonyl (C=O) groups excluding carboxylic acids is 1. The van der Waals surface area contributed by atoms with Gasteiger partial charge in [0.1, 0.15) is 0 Å². The van der Waals surface area contributed by atoms with Crippen molar-refractivity contribution in [2.45, 2.75) is 20.3 Å². The zero-order valence-corrected chi connectivity index (χ0v) is 14.6. The van der Waals surface area contributed by atoms with E-state index < -0.39 is 0 Å². The summed E-state index contributed by atoms with van der Waals surface area (Å²) in [6, 6.07) is 11.4. The normalized spacial score (nSPS) is 10.2. The lowest BCUT2D eigenvalue weighted by molar-refractivity contribution is -0.115. The summed E-state index contributed by atoms with van der Waals surface area (Å²) in [6.07, 6.45) is 0.377. The highest BCUT2D eigenvalue weighted by Crippen LogP contribution is 2.29. The second-order valence-corrected chi connectivity index (χ2v) is 5.56. The molecule has 128 valence electrons. The Labute approximate surface area is 143 Å². The van der Waals surface area contributed by atoms with E-state index in [4.69, 9.17) is 9.47 Å². The van der Waals surface area contributed by atoms with Crippen LogP contribution in [0.25, 0.3) is 0 Å². The number of anilines is 2. The van der Waals surface area contributed by atoms with Gasteiger partial charge in [0.25, 0.3) is 0 Å². The molecule has 0 saturated heterocycles. The van der Waals surface area contributed by atoms with Crippen LogP contribution < -0.4 is 20.1 Å². The zero-order chi connectivity index (χ0) is 17.5. The first-order valence-electron chi connectivity index (χ1n) is 7.87. The molecule has 0 fully saturated rings. The minimum Gasteiger partial charge on any atom is -0.493 e. The Morgan fingerprint density at radius 2 is 1.67 bits per heavy atom. The van der Waals surface area contributed by atoms with Crippen LogP contribution in [-0.2, 0) is 4.79 Å². The summed E-state index contributed by atoms with van der Waals surface area (Å²) in [5.41, 5.74) is 4.13. The highest BCUT2D eigenvalue weighted by Gasteiger charge is 2.08. The van der Waals surface area contributed by atoms with Crippen molar-refractivity contribution in [1.82, 2.24) is 0 Å². The number of amides is 1. The molecular weight excluding hydrogens is 304 g/mol. The van der Waals surface area contributed by atoms with Crippen LogP contribution in [0.15, 0.2) is 36.4 Å². The van der Waals surface area contributed by atoms with E-state index in [1.807, 2.05) is 6.07 Å². The zero-order valence-electron chi connectivity index (χ0n) is 14.6. The summed E-state index contributed by atoms with van der Waals surface area (Å²) >= 11 is 0. The molecule has 2 aromatic rings. The highest BCUT2D eigenvalue weighted by atomic mass is 16.5. The van der Waals surface area contributed by atoms with Gasteiger partial charge in [0.2, 0.25) is 5.91 Å². The molecule has 5 nitrogen and oxygen atoms in total. The number of rotatable bonds is 7. The van der Waals surface area contributed by atoms with Crippen molar-refractivity contribution in [3.05, 3.63) is 47.5 Å². The van der Waals surface area contributed by atoms with Crippen molar-refractivity contribution in [1.29, 1.82) is 0 Å². The fraction of sp³-hybridized carbons (Fsp3) is 0.316. The smallest absolute Gasteiger partial charge is 0.226 e. The number of hydrogen-bond donors (Lipinski definition) is 2. The molecule has 2 N–H and O–H groups in total. The topological polar surface area (TPSA) is 59.6 Å². The summed E-state index contributed by atoms with van der Waals surface area (Å²) in [5.74, 6) is 1.16. The maximum absolute atomic E-state index is 12.1. The molecule has 0 aliphatic carbocycles. The van der Waals surface area contributed by atoms with Gasteiger partial charge in [-0.2, -0.15) is 0 Å². The van der Waals surface area contributed by atoms with Crippen LogP contribution in [0.1, 0.15) is 17.5 Å². The monoisotopic (exact) mass is 328 g/mol. The van der Waals surface area contributed by atoms with Crippen LogP contribution in [0.4, 0.5) is 11.4 Å². The molecule has 0 aliphatic rings.